The molecule has 28 heavy (non-hydrogen) atoms. The first-order chi connectivity index (χ1) is 13.5. The molecule has 0 spiro atoms. The summed E-state index contributed by atoms with van der Waals surface area (Å²) in [6, 6.07) is 12.0. The molecule has 3 rings (SSSR count). The van der Waals surface area contributed by atoms with E-state index in [0.29, 0.717) is 30.6 Å². The van der Waals surface area contributed by atoms with Crippen molar-refractivity contribution in [1.82, 2.24) is 9.78 Å². The Morgan fingerprint density at radius 3 is 2.50 bits per heavy atom. The smallest absolute Gasteiger partial charge is 0.272 e. The van der Waals surface area contributed by atoms with Gasteiger partial charge in [0.05, 0.1) is 19.4 Å². The first-order valence-corrected chi connectivity index (χ1v) is 8.82. The molecule has 0 saturated carbocycles. The lowest BCUT2D eigenvalue weighted by atomic mass is 10.1. The van der Waals surface area contributed by atoms with Crippen LogP contribution in [0.3, 0.4) is 0 Å². The van der Waals surface area contributed by atoms with Crippen molar-refractivity contribution in [3.8, 4) is 17.0 Å². The van der Waals surface area contributed by atoms with Gasteiger partial charge in [-0.3, -0.25) is 4.79 Å². The standard InChI is InChI=1S/C21H20F2N2O3/c1-28-20-9-6-15(11-18(20)23)19-12-16(13-26)21(27)25(24-19)10-2-3-14-4-7-17(22)8-5-14/h4-9,11-12,26H,2-3,10,13H2,1H3. The topological polar surface area (TPSA) is 64.3 Å². The van der Waals surface area contributed by atoms with Crippen molar-refractivity contribution in [2.45, 2.75) is 26.0 Å². The Morgan fingerprint density at radius 1 is 1.11 bits per heavy atom. The van der Waals surface area contributed by atoms with Crippen LogP contribution in [-0.2, 0) is 19.6 Å². The van der Waals surface area contributed by atoms with Crippen molar-refractivity contribution in [3.05, 3.63) is 81.6 Å². The average molecular weight is 386 g/mol. The predicted molar refractivity (Wildman–Crippen MR) is 101 cm³/mol. The van der Waals surface area contributed by atoms with Crippen LogP contribution in [0.2, 0.25) is 0 Å². The monoisotopic (exact) mass is 386 g/mol. The van der Waals surface area contributed by atoms with Gasteiger partial charge < -0.3 is 9.84 Å². The van der Waals surface area contributed by atoms with Crippen LogP contribution in [0.15, 0.2) is 53.3 Å². The average Bonchev–Trinajstić information content (AvgIpc) is 2.70. The van der Waals surface area contributed by atoms with Gasteiger partial charge in [-0.2, -0.15) is 5.10 Å². The van der Waals surface area contributed by atoms with Crippen molar-refractivity contribution in [1.29, 1.82) is 0 Å². The molecule has 3 aromatic rings. The minimum atomic E-state index is -0.540. The molecule has 0 aliphatic rings. The van der Waals surface area contributed by atoms with Crippen molar-refractivity contribution >= 4 is 0 Å². The summed E-state index contributed by atoms with van der Waals surface area (Å²) in [6.45, 7) is -0.124. The number of nitrogens with zero attached hydrogens (tertiary/aromatic N) is 2. The van der Waals surface area contributed by atoms with E-state index in [-0.39, 0.29) is 22.7 Å². The van der Waals surface area contributed by atoms with Crippen molar-refractivity contribution < 1.29 is 18.6 Å². The summed E-state index contributed by atoms with van der Waals surface area (Å²) in [5.74, 6) is -0.728. The lowest BCUT2D eigenvalue weighted by Crippen LogP contribution is -2.27. The number of rotatable bonds is 7. The summed E-state index contributed by atoms with van der Waals surface area (Å²) >= 11 is 0. The highest BCUT2D eigenvalue weighted by Gasteiger charge is 2.12. The summed E-state index contributed by atoms with van der Waals surface area (Å²) in [4.78, 5) is 12.4. The first-order valence-electron chi connectivity index (χ1n) is 8.82. The molecule has 0 bridgehead atoms. The molecule has 2 aromatic carbocycles. The Morgan fingerprint density at radius 2 is 1.86 bits per heavy atom. The number of hydrogen-bond donors (Lipinski definition) is 1. The summed E-state index contributed by atoms with van der Waals surface area (Å²) in [5.41, 5.74) is 1.60. The second-order valence-corrected chi connectivity index (χ2v) is 6.32. The molecule has 0 saturated heterocycles. The summed E-state index contributed by atoms with van der Waals surface area (Å²) in [5, 5.41) is 13.8. The molecular weight excluding hydrogens is 366 g/mol. The van der Waals surface area contributed by atoms with Gasteiger partial charge in [0.2, 0.25) is 0 Å². The number of halogens is 2. The fraction of sp³-hybridized carbons (Fsp3) is 0.238. The van der Waals surface area contributed by atoms with Gasteiger partial charge in [0.25, 0.3) is 5.56 Å². The van der Waals surface area contributed by atoms with E-state index in [2.05, 4.69) is 5.10 Å². The van der Waals surface area contributed by atoms with Crippen molar-refractivity contribution in [3.63, 3.8) is 0 Å². The van der Waals surface area contributed by atoms with Crippen LogP contribution < -0.4 is 10.3 Å². The Balaban J connectivity index is 1.84. The molecule has 0 aliphatic carbocycles. The zero-order valence-corrected chi connectivity index (χ0v) is 15.4. The molecule has 0 aliphatic heterocycles. The van der Waals surface area contributed by atoms with E-state index < -0.39 is 12.4 Å². The number of hydrogen-bond acceptors (Lipinski definition) is 4. The Kier molecular flexibility index (Phi) is 6.16. The molecule has 7 heteroatoms. The third-order valence-corrected chi connectivity index (χ3v) is 4.42. The summed E-state index contributed by atoms with van der Waals surface area (Å²) < 4.78 is 33.2. The predicted octanol–water partition coefficient (Wildman–Crippen LogP) is 3.32. The van der Waals surface area contributed by atoms with Crippen molar-refractivity contribution in [2.24, 2.45) is 0 Å². The normalized spacial score (nSPS) is 10.9. The molecule has 146 valence electrons. The fourth-order valence-corrected chi connectivity index (χ4v) is 2.91. The number of aliphatic hydroxyl groups is 1. The van der Waals surface area contributed by atoms with E-state index in [4.69, 9.17) is 4.74 Å². The van der Waals surface area contributed by atoms with Gasteiger partial charge >= 0.3 is 0 Å². The zero-order chi connectivity index (χ0) is 20.1. The zero-order valence-electron chi connectivity index (χ0n) is 15.4. The molecular formula is C21H20F2N2O3. The van der Waals surface area contributed by atoms with Gasteiger partial charge in [-0.15, -0.1) is 0 Å². The Hall–Kier alpha value is -3.06. The quantitative estimate of drug-likeness (QED) is 0.677. The molecule has 0 atom stereocenters. The van der Waals surface area contributed by atoms with Gasteiger partial charge in [-0.05, 0) is 54.8 Å². The molecule has 1 heterocycles. The molecule has 0 amide bonds. The lowest BCUT2D eigenvalue weighted by molar-refractivity contribution is 0.278. The van der Waals surface area contributed by atoms with Gasteiger partial charge in [-0.25, -0.2) is 13.5 Å². The second kappa shape index (κ2) is 8.75. The third kappa shape index (κ3) is 4.43. The SMILES string of the molecule is COc1ccc(-c2cc(CO)c(=O)n(CCCc3ccc(F)cc3)n2)cc1F. The molecule has 0 radical (unpaired) electrons. The first kappa shape index (κ1) is 19.7. The third-order valence-electron chi connectivity index (χ3n) is 4.42. The Labute approximate surface area is 160 Å². The maximum atomic E-state index is 14.0. The van der Waals surface area contributed by atoms with E-state index in [1.54, 1.807) is 18.2 Å². The summed E-state index contributed by atoms with van der Waals surface area (Å²) in [6.07, 6.45) is 1.24. The lowest BCUT2D eigenvalue weighted by Gasteiger charge is -2.11. The van der Waals surface area contributed by atoms with E-state index in [0.717, 1.165) is 5.56 Å². The highest BCUT2D eigenvalue weighted by molar-refractivity contribution is 5.60. The second-order valence-electron chi connectivity index (χ2n) is 6.32. The van der Waals surface area contributed by atoms with Crippen molar-refractivity contribution in [2.75, 3.05) is 7.11 Å². The number of benzene rings is 2. The fourth-order valence-electron chi connectivity index (χ4n) is 2.91. The van der Waals surface area contributed by atoms with Crippen LogP contribution in [0.4, 0.5) is 8.78 Å². The van der Waals surface area contributed by atoms with Gasteiger partial charge in [0, 0.05) is 17.7 Å². The largest absolute Gasteiger partial charge is 0.494 e. The van der Waals surface area contributed by atoms with E-state index in [1.165, 1.54) is 42.1 Å². The van der Waals surface area contributed by atoms with Gasteiger partial charge in [-0.1, -0.05) is 12.1 Å². The van der Waals surface area contributed by atoms with Crippen LogP contribution in [0.1, 0.15) is 17.5 Å². The maximum absolute atomic E-state index is 14.0. The molecule has 1 N–H and O–H groups in total. The van der Waals surface area contributed by atoms with Crippen LogP contribution in [0, 0.1) is 11.6 Å². The molecule has 0 unspecified atom stereocenters. The van der Waals surface area contributed by atoms with E-state index in [1.807, 2.05) is 0 Å². The minimum absolute atomic E-state index is 0.110. The van der Waals surface area contributed by atoms with Crippen LogP contribution in [0.25, 0.3) is 11.3 Å². The van der Waals surface area contributed by atoms with Crippen LogP contribution in [-0.4, -0.2) is 22.0 Å². The summed E-state index contributed by atoms with van der Waals surface area (Å²) in [7, 11) is 1.38. The van der Waals surface area contributed by atoms with Gasteiger partial charge in [0.1, 0.15) is 5.82 Å². The molecule has 5 nitrogen and oxygen atoms in total. The number of aliphatic hydroxyl groups excluding tert-OH is 1. The van der Waals surface area contributed by atoms with Crippen LogP contribution in [0.5, 0.6) is 5.75 Å². The highest BCUT2D eigenvalue weighted by atomic mass is 19.1. The maximum Gasteiger partial charge on any atom is 0.272 e. The Bertz CT molecular complexity index is 1020. The highest BCUT2D eigenvalue weighted by Crippen LogP contribution is 2.24. The van der Waals surface area contributed by atoms with Gasteiger partial charge in [0.15, 0.2) is 11.6 Å². The molecule has 1 aromatic heterocycles. The van der Waals surface area contributed by atoms with E-state index >= 15 is 0 Å². The number of methoxy groups -OCH3 is 1. The van der Waals surface area contributed by atoms with Crippen LogP contribution >= 0.6 is 0 Å². The number of aryl methyl sites for hydroxylation is 2. The number of aromatic nitrogens is 2. The van der Waals surface area contributed by atoms with E-state index in [9.17, 15) is 18.7 Å². The number of ether oxygens (including phenoxy) is 1. The molecule has 0 fully saturated rings. The minimum Gasteiger partial charge on any atom is -0.494 e.